The fourth-order valence-corrected chi connectivity index (χ4v) is 2.11. The molecule has 1 heterocycles. The summed E-state index contributed by atoms with van der Waals surface area (Å²) in [7, 11) is 0. The molecule has 1 aromatic carbocycles. The third-order valence-electron chi connectivity index (χ3n) is 3.19. The van der Waals surface area contributed by atoms with Gasteiger partial charge in [-0.15, -0.1) is 0 Å². The van der Waals surface area contributed by atoms with Gasteiger partial charge in [0.1, 0.15) is 5.82 Å². The first-order valence-electron chi connectivity index (χ1n) is 7.39. The number of hydrogen-bond acceptors (Lipinski definition) is 4. The van der Waals surface area contributed by atoms with E-state index in [9.17, 15) is 14.4 Å². The van der Waals surface area contributed by atoms with Crippen LogP contribution in [0.15, 0.2) is 54.7 Å². The molecule has 0 saturated heterocycles. The average molecular weight is 325 g/mol. The molecule has 24 heavy (non-hydrogen) atoms. The average Bonchev–Trinajstić information content (AvgIpc) is 2.62. The van der Waals surface area contributed by atoms with Crippen LogP contribution in [0.2, 0.25) is 0 Å². The summed E-state index contributed by atoms with van der Waals surface area (Å²) in [5.41, 5.74) is 0.389. The molecule has 0 aliphatic carbocycles. The van der Waals surface area contributed by atoms with Crippen LogP contribution in [0.4, 0.5) is 21.1 Å². The summed E-state index contributed by atoms with van der Waals surface area (Å²) in [6.07, 6.45) is 3.14. The number of anilines is 2. The van der Waals surface area contributed by atoms with E-state index in [0.717, 1.165) is 4.90 Å². The summed E-state index contributed by atoms with van der Waals surface area (Å²) >= 11 is 0. The van der Waals surface area contributed by atoms with Crippen molar-refractivity contribution in [2.75, 3.05) is 22.9 Å². The van der Waals surface area contributed by atoms with E-state index in [0.29, 0.717) is 18.1 Å². The van der Waals surface area contributed by atoms with Gasteiger partial charge in [-0.25, -0.2) is 19.5 Å². The van der Waals surface area contributed by atoms with Crippen molar-refractivity contribution < 1.29 is 14.4 Å². The first-order chi connectivity index (χ1) is 11.7. The quantitative estimate of drug-likeness (QED) is 0.915. The zero-order chi connectivity index (χ0) is 17.4. The lowest BCUT2D eigenvalue weighted by Crippen LogP contribution is -2.51. The molecule has 2 rings (SSSR count). The molecule has 0 bridgehead atoms. The van der Waals surface area contributed by atoms with Crippen LogP contribution in [0, 0.1) is 0 Å². The number of aromatic nitrogens is 1. The number of rotatable bonds is 5. The highest BCUT2D eigenvalue weighted by molar-refractivity contribution is 6.18. The third kappa shape index (κ3) is 3.95. The molecule has 4 amide bonds. The Balaban J connectivity index is 2.36. The molecule has 0 spiro atoms. The number of pyridine rings is 1. The standard InChI is InChI=1S/C17H17N4O3/c1-2-20(15-10-6-7-11-18-15)17(24)21(16(23)19-12-13-22)14-8-4-3-5-9-14/h3-11H,2,12H2,1H3,(H,19,23). The maximum Gasteiger partial charge on any atom is 0.338 e. The van der Waals surface area contributed by atoms with E-state index in [1.165, 1.54) is 4.90 Å². The molecule has 0 aliphatic rings. The Morgan fingerprint density at radius 1 is 1.12 bits per heavy atom. The predicted molar refractivity (Wildman–Crippen MR) is 90.7 cm³/mol. The Hall–Kier alpha value is -3.22. The monoisotopic (exact) mass is 325 g/mol. The molecule has 2 aromatic rings. The molecule has 7 nitrogen and oxygen atoms in total. The molecular weight excluding hydrogens is 308 g/mol. The van der Waals surface area contributed by atoms with Crippen LogP contribution >= 0.6 is 0 Å². The molecule has 0 aliphatic heterocycles. The molecule has 0 atom stereocenters. The van der Waals surface area contributed by atoms with Gasteiger partial charge < -0.3 is 5.32 Å². The van der Waals surface area contributed by atoms with Gasteiger partial charge >= 0.3 is 12.1 Å². The highest BCUT2D eigenvalue weighted by Crippen LogP contribution is 2.19. The fraction of sp³-hybridized carbons (Fsp3) is 0.176. The second kappa shape index (κ2) is 8.42. The van der Waals surface area contributed by atoms with Gasteiger partial charge in [-0.1, -0.05) is 24.3 Å². The van der Waals surface area contributed by atoms with E-state index in [4.69, 9.17) is 0 Å². The summed E-state index contributed by atoms with van der Waals surface area (Å²) in [5, 5.41) is 2.34. The van der Waals surface area contributed by atoms with Crippen LogP contribution in [0.5, 0.6) is 0 Å². The zero-order valence-electron chi connectivity index (χ0n) is 13.2. The second-order valence-electron chi connectivity index (χ2n) is 4.69. The van der Waals surface area contributed by atoms with E-state index in [-0.39, 0.29) is 6.54 Å². The lowest BCUT2D eigenvalue weighted by molar-refractivity contribution is 0.238. The maximum atomic E-state index is 12.9. The minimum atomic E-state index is -0.705. The molecular formula is C17H17N4O3. The Kier molecular flexibility index (Phi) is 6.01. The number of carbonyl (C=O) groups excluding carboxylic acids is 3. The van der Waals surface area contributed by atoms with E-state index >= 15 is 0 Å². The topological polar surface area (TPSA) is 82.6 Å². The Morgan fingerprint density at radius 3 is 2.42 bits per heavy atom. The number of nitrogens with one attached hydrogen (secondary N) is 1. The van der Waals surface area contributed by atoms with Gasteiger partial charge in [0, 0.05) is 12.7 Å². The first kappa shape index (κ1) is 17.1. The van der Waals surface area contributed by atoms with Crippen LogP contribution in [-0.2, 0) is 4.79 Å². The smallest absolute Gasteiger partial charge is 0.330 e. The number of amides is 4. The molecule has 1 aromatic heterocycles. The summed E-state index contributed by atoms with van der Waals surface area (Å²) in [4.78, 5) is 42.2. The highest BCUT2D eigenvalue weighted by atomic mass is 16.2. The van der Waals surface area contributed by atoms with E-state index in [1.54, 1.807) is 67.9 Å². The zero-order valence-corrected chi connectivity index (χ0v) is 13.2. The van der Waals surface area contributed by atoms with Crippen molar-refractivity contribution in [3.63, 3.8) is 0 Å². The minimum absolute atomic E-state index is 0.300. The van der Waals surface area contributed by atoms with Crippen LogP contribution in [0.3, 0.4) is 0 Å². The van der Waals surface area contributed by atoms with Gasteiger partial charge in [0.15, 0.2) is 0 Å². The predicted octanol–water partition coefficient (Wildman–Crippen LogP) is 2.35. The Labute approximate surface area is 139 Å². The SMILES string of the molecule is CCN(C(=O)N(C(=O)NC[C]=O)c1ccccc1)c1ccccn1. The Bertz CT molecular complexity index is 691. The normalized spacial score (nSPS) is 9.88. The van der Waals surface area contributed by atoms with Crippen molar-refractivity contribution in [1.82, 2.24) is 10.3 Å². The summed E-state index contributed by atoms with van der Waals surface area (Å²) in [6, 6.07) is 12.4. The summed E-state index contributed by atoms with van der Waals surface area (Å²) in [5.74, 6) is 0.431. The second-order valence-corrected chi connectivity index (χ2v) is 4.69. The van der Waals surface area contributed by atoms with Crippen LogP contribution in [0.1, 0.15) is 6.92 Å². The van der Waals surface area contributed by atoms with Gasteiger partial charge in [0.05, 0.1) is 12.2 Å². The van der Waals surface area contributed by atoms with Gasteiger partial charge in [-0.05, 0) is 31.2 Å². The van der Waals surface area contributed by atoms with E-state index in [1.807, 2.05) is 0 Å². The minimum Gasteiger partial charge on any atom is -0.330 e. The highest BCUT2D eigenvalue weighted by Gasteiger charge is 2.28. The number of imide groups is 1. The molecule has 7 heteroatoms. The summed E-state index contributed by atoms with van der Waals surface area (Å²) < 4.78 is 0. The lowest BCUT2D eigenvalue weighted by atomic mass is 10.3. The number of benzene rings is 1. The summed E-state index contributed by atoms with van der Waals surface area (Å²) in [6.45, 7) is 1.81. The number of hydrogen-bond donors (Lipinski definition) is 1. The Morgan fingerprint density at radius 2 is 1.83 bits per heavy atom. The molecule has 0 saturated carbocycles. The lowest BCUT2D eigenvalue weighted by Gasteiger charge is -2.28. The van der Waals surface area contributed by atoms with Crippen molar-refractivity contribution in [3.05, 3.63) is 54.7 Å². The maximum absolute atomic E-state index is 12.9. The van der Waals surface area contributed by atoms with Crippen molar-refractivity contribution in [3.8, 4) is 0 Å². The van der Waals surface area contributed by atoms with Crippen LogP contribution in [0.25, 0.3) is 0 Å². The number of carbonyl (C=O) groups is 2. The number of para-hydroxylation sites is 1. The van der Waals surface area contributed by atoms with E-state index < -0.39 is 12.1 Å². The van der Waals surface area contributed by atoms with Crippen molar-refractivity contribution >= 4 is 29.9 Å². The number of nitrogens with zero attached hydrogens (tertiary/aromatic N) is 3. The van der Waals surface area contributed by atoms with Crippen molar-refractivity contribution in [2.45, 2.75) is 6.92 Å². The molecule has 1 N–H and O–H groups in total. The number of urea groups is 2. The fourth-order valence-electron chi connectivity index (χ4n) is 2.11. The van der Waals surface area contributed by atoms with E-state index in [2.05, 4.69) is 10.3 Å². The largest absolute Gasteiger partial charge is 0.338 e. The van der Waals surface area contributed by atoms with Crippen LogP contribution < -0.4 is 15.1 Å². The molecule has 123 valence electrons. The van der Waals surface area contributed by atoms with Gasteiger partial charge in [0.25, 0.3) is 0 Å². The molecule has 0 unspecified atom stereocenters. The van der Waals surface area contributed by atoms with Gasteiger partial charge in [-0.2, -0.15) is 0 Å². The van der Waals surface area contributed by atoms with Crippen molar-refractivity contribution in [2.24, 2.45) is 0 Å². The van der Waals surface area contributed by atoms with Crippen LogP contribution in [-0.4, -0.2) is 36.4 Å². The third-order valence-corrected chi connectivity index (χ3v) is 3.19. The van der Waals surface area contributed by atoms with Gasteiger partial charge in [-0.3, -0.25) is 9.69 Å². The van der Waals surface area contributed by atoms with Gasteiger partial charge in [0.2, 0.25) is 6.29 Å². The van der Waals surface area contributed by atoms with Crippen molar-refractivity contribution in [1.29, 1.82) is 0 Å². The molecule has 0 fully saturated rings. The first-order valence-corrected chi connectivity index (χ1v) is 7.39. The molecule has 1 radical (unpaired) electrons.